The molecule has 0 aliphatic carbocycles. The van der Waals surface area contributed by atoms with Crippen molar-refractivity contribution in [3.63, 3.8) is 0 Å². The van der Waals surface area contributed by atoms with E-state index in [9.17, 15) is 19.8 Å². The highest BCUT2D eigenvalue weighted by Gasteiger charge is 2.17. The second kappa shape index (κ2) is 37.2. The van der Waals surface area contributed by atoms with Crippen LogP contribution in [0.4, 0.5) is 0 Å². The summed E-state index contributed by atoms with van der Waals surface area (Å²) in [6, 6.07) is -0.641. The first-order valence-corrected chi connectivity index (χ1v) is 20.1. The Balaban J connectivity index is 3.53. The molecule has 0 fully saturated rings. The number of aliphatic hydroxyl groups is 2. The van der Waals surface area contributed by atoms with E-state index in [-0.39, 0.29) is 18.5 Å². The second-order valence-electron chi connectivity index (χ2n) is 13.6. The average Bonchev–Trinajstić information content (AvgIpc) is 3.07. The number of hydrogen-bond donors (Lipinski definition) is 3. The molecule has 47 heavy (non-hydrogen) atoms. The molecule has 0 bridgehead atoms. The van der Waals surface area contributed by atoms with Crippen LogP contribution in [0.15, 0.2) is 24.3 Å². The number of unbranched alkanes of at least 4 members (excludes halogenated alkanes) is 23. The Labute approximate surface area is 291 Å². The van der Waals surface area contributed by atoms with Crippen molar-refractivity contribution in [2.24, 2.45) is 0 Å². The first-order valence-electron chi connectivity index (χ1n) is 20.1. The maximum absolute atomic E-state index is 12.3. The average molecular weight is 664 g/mol. The van der Waals surface area contributed by atoms with Gasteiger partial charge in [0, 0.05) is 12.8 Å². The fraction of sp³-hybridized carbons (Fsp3) is 0.854. The topological polar surface area (TPSA) is 95.9 Å². The van der Waals surface area contributed by atoms with Gasteiger partial charge in [0.05, 0.1) is 25.4 Å². The van der Waals surface area contributed by atoms with Gasteiger partial charge in [-0.3, -0.25) is 9.59 Å². The van der Waals surface area contributed by atoms with Crippen LogP contribution < -0.4 is 5.32 Å². The maximum atomic E-state index is 12.3. The fourth-order valence-corrected chi connectivity index (χ4v) is 5.79. The van der Waals surface area contributed by atoms with E-state index >= 15 is 0 Å². The second-order valence-corrected chi connectivity index (χ2v) is 13.6. The lowest BCUT2D eigenvalue weighted by atomic mass is 10.1. The quantitative estimate of drug-likeness (QED) is 0.0352. The van der Waals surface area contributed by atoms with E-state index < -0.39 is 12.1 Å². The van der Waals surface area contributed by atoms with Gasteiger partial charge in [0.15, 0.2) is 0 Å². The third-order valence-electron chi connectivity index (χ3n) is 8.97. The molecular weight excluding hydrogens is 586 g/mol. The van der Waals surface area contributed by atoms with Crippen LogP contribution in [-0.4, -0.2) is 47.4 Å². The number of aliphatic hydroxyl groups excluding tert-OH is 2. The van der Waals surface area contributed by atoms with Crippen LogP contribution in [-0.2, 0) is 14.3 Å². The predicted octanol–water partition coefficient (Wildman–Crippen LogP) is 10.8. The molecule has 0 radical (unpaired) electrons. The molecule has 0 saturated heterocycles. The predicted molar refractivity (Wildman–Crippen MR) is 200 cm³/mol. The number of esters is 1. The standard InChI is InChI=1S/C41H77NO5/c1-3-5-7-9-11-13-14-19-23-27-31-35-41(46)47-36-32-28-24-20-16-15-18-22-26-30-34-40(45)42-38(37-43)39(44)33-29-25-21-17-12-10-8-6-4-2/h9,11,29,33,38-39,43-44H,3-8,10,12-28,30-32,34-37H2,1-2H3,(H,42,45)/b11-9-,33-29+. The third-order valence-corrected chi connectivity index (χ3v) is 8.97. The molecule has 0 aromatic carbocycles. The van der Waals surface area contributed by atoms with Crippen LogP contribution >= 0.6 is 0 Å². The summed E-state index contributed by atoms with van der Waals surface area (Å²) >= 11 is 0. The van der Waals surface area contributed by atoms with Gasteiger partial charge in [0.2, 0.25) is 5.91 Å². The van der Waals surface area contributed by atoms with Crippen LogP contribution in [0.2, 0.25) is 0 Å². The Bertz CT molecular complexity index is 737. The van der Waals surface area contributed by atoms with Crippen LogP contribution in [0.3, 0.4) is 0 Å². The van der Waals surface area contributed by atoms with Crippen molar-refractivity contribution in [2.45, 2.75) is 212 Å². The Hall–Kier alpha value is -1.66. The third kappa shape index (κ3) is 34.0. The molecule has 0 rings (SSSR count). The summed E-state index contributed by atoms with van der Waals surface area (Å²) in [7, 11) is 0. The summed E-state index contributed by atoms with van der Waals surface area (Å²) < 4.78 is 5.41. The molecule has 0 aliphatic heterocycles. The van der Waals surface area contributed by atoms with Gasteiger partial charge in [-0.25, -0.2) is 0 Å². The molecule has 0 saturated carbocycles. The lowest BCUT2D eigenvalue weighted by molar-refractivity contribution is -0.143. The van der Waals surface area contributed by atoms with Crippen LogP contribution in [0, 0.1) is 0 Å². The molecular formula is C41H77NO5. The molecule has 6 heteroatoms. The van der Waals surface area contributed by atoms with E-state index in [1.807, 2.05) is 6.08 Å². The molecule has 6 nitrogen and oxygen atoms in total. The molecule has 2 atom stereocenters. The Morgan fingerprint density at radius 1 is 0.574 bits per heavy atom. The first-order chi connectivity index (χ1) is 23.0. The summed E-state index contributed by atoms with van der Waals surface area (Å²) in [6.07, 6.45) is 40.1. The summed E-state index contributed by atoms with van der Waals surface area (Å²) in [5.74, 6) is -0.130. The zero-order valence-corrected chi connectivity index (χ0v) is 31.0. The molecule has 276 valence electrons. The summed E-state index contributed by atoms with van der Waals surface area (Å²) in [5, 5.41) is 22.8. The van der Waals surface area contributed by atoms with Crippen molar-refractivity contribution in [3.8, 4) is 0 Å². The van der Waals surface area contributed by atoms with Crippen LogP contribution in [0.25, 0.3) is 0 Å². The number of carbonyl (C=O) groups is 2. The Morgan fingerprint density at radius 3 is 1.57 bits per heavy atom. The molecule has 2 unspecified atom stereocenters. The van der Waals surface area contributed by atoms with Gasteiger partial charge in [0.1, 0.15) is 0 Å². The largest absolute Gasteiger partial charge is 0.466 e. The van der Waals surface area contributed by atoms with Crippen molar-refractivity contribution in [2.75, 3.05) is 13.2 Å². The van der Waals surface area contributed by atoms with E-state index in [1.165, 1.54) is 116 Å². The summed E-state index contributed by atoms with van der Waals surface area (Å²) in [4.78, 5) is 24.2. The van der Waals surface area contributed by atoms with Gasteiger partial charge >= 0.3 is 5.97 Å². The number of ether oxygens (including phenoxy) is 1. The van der Waals surface area contributed by atoms with Crippen molar-refractivity contribution >= 4 is 11.9 Å². The van der Waals surface area contributed by atoms with E-state index in [4.69, 9.17) is 4.74 Å². The molecule has 3 N–H and O–H groups in total. The molecule has 0 spiro atoms. The maximum Gasteiger partial charge on any atom is 0.305 e. The lowest BCUT2D eigenvalue weighted by Crippen LogP contribution is -2.45. The number of hydrogen-bond acceptors (Lipinski definition) is 5. The highest BCUT2D eigenvalue weighted by atomic mass is 16.5. The van der Waals surface area contributed by atoms with E-state index in [0.717, 1.165) is 57.8 Å². The smallest absolute Gasteiger partial charge is 0.305 e. The van der Waals surface area contributed by atoms with Crippen molar-refractivity contribution in [1.82, 2.24) is 5.32 Å². The minimum absolute atomic E-state index is 0.0337. The molecule has 1 amide bonds. The normalized spacial score (nSPS) is 13.0. The van der Waals surface area contributed by atoms with Crippen LogP contribution in [0.1, 0.15) is 200 Å². The van der Waals surface area contributed by atoms with Gasteiger partial charge in [-0.05, 0) is 51.4 Å². The number of nitrogens with one attached hydrogen (secondary N) is 1. The number of allylic oxidation sites excluding steroid dienone is 3. The van der Waals surface area contributed by atoms with Crippen LogP contribution in [0.5, 0.6) is 0 Å². The summed E-state index contributed by atoms with van der Waals surface area (Å²) in [5.41, 5.74) is 0. The zero-order chi connectivity index (χ0) is 34.5. The lowest BCUT2D eigenvalue weighted by Gasteiger charge is -2.20. The molecule has 0 heterocycles. The van der Waals surface area contributed by atoms with Gasteiger partial charge < -0.3 is 20.3 Å². The molecule has 0 aromatic heterocycles. The van der Waals surface area contributed by atoms with Gasteiger partial charge in [0.25, 0.3) is 0 Å². The highest BCUT2D eigenvalue weighted by Crippen LogP contribution is 2.13. The summed E-state index contributed by atoms with van der Waals surface area (Å²) in [6.45, 7) is 4.75. The minimum atomic E-state index is -0.856. The van der Waals surface area contributed by atoms with E-state index in [1.54, 1.807) is 6.08 Å². The van der Waals surface area contributed by atoms with Gasteiger partial charge in [-0.15, -0.1) is 0 Å². The molecule has 0 aliphatic rings. The van der Waals surface area contributed by atoms with Crippen molar-refractivity contribution in [1.29, 1.82) is 0 Å². The van der Waals surface area contributed by atoms with E-state index in [2.05, 4.69) is 31.3 Å². The number of carbonyl (C=O) groups excluding carboxylic acids is 2. The van der Waals surface area contributed by atoms with Gasteiger partial charge in [-0.2, -0.15) is 0 Å². The van der Waals surface area contributed by atoms with Gasteiger partial charge in [-0.1, -0.05) is 160 Å². The van der Waals surface area contributed by atoms with E-state index in [0.29, 0.717) is 19.4 Å². The SMILES string of the molecule is CCCC/C=C\CCCCCCCC(=O)OCCCCCCCCCCCCC(=O)NC(CO)C(O)/C=C/CCCCCCCCC. The highest BCUT2D eigenvalue weighted by molar-refractivity contribution is 5.76. The Morgan fingerprint density at radius 2 is 1.02 bits per heavy atom. The molecule has 0 aromatic rings. The van der Waals surface area contributed by atoms with Crippen molar-refractivity contribution in [3.05, 3.63) is 24.3 Å². The number of amides is 1. The monoisotopic (exact) mass is 664 g/mol. The number of rotatable bonds is 36. The van der Waals surface area contributed by atoms with Crippen molar-refractivity contribution < 1.29 is 24.5 Å². The minimum Gasteiger partial charge on any atom is -0.466 e. The Kier molecular flexibility index (Phi) is 35.9. The first kappa shape index (κ1) is 45.3. The zero-order valence-electron chi connectivity index (χ0n) is 31.0. The fourth-order valence-electron chi connectivity index (χ4n) is 5.79.